The molecule has 88 valence electrons. The molecular formula is C12H23NO2. The van der Waals surface area contributed by atoms with Gasteiger partial charge in [0.25, 0.3) is 0 Å². The molecule has 0 amide bonds. The second-order valence-electron chi connectivity index (χ2n) is 5.24. The number of methoxy groups -OCH3 is 1. The van der Waals surface area contributed by atoms with Crippen LogP contribution in [0.1, 0.15) is 40.0 Å². The third-order valence-electron chi connectivity index (χ3n) is 3.31. The van der Waals surface area contributed by atoms with E-state index in [-0.39, 0.29) is 17.4 Å². The second kappa shape index (κ2) is 4.97. The van der Waals surface area contributed by atoms with Crippen molar-refractivity contribution in [1.29, 1.82) is 0 Å². The molecule has 0 heterocycles. The maximum atomic E-state index is 11.5. The van der Waals surface area contributed by atoms with Gasteiger partial charge in [-0.3, -0.25) is 4.79 Å². The number of rotatable bonds is 6. The SMILES string of the molecule is CCC(C)(C)CNC(C(=O)OC)C1CC1. The van der Waals surface area contributed by atoms with Crippen molar-refractivity contribution in [3.05, 3.63) is 0 Å². The molecule has 15 heavy (non-hydrogen) atoms. The van der Waals surface area contributed by atoms with Gasteiger partial charge in [0.15, 0.2) is 0 Å². The summed E-state index contributed by atoms with van der Waals surface area (Å²) in [5.41, 5.74) is 0.251. The zero-order valence-electron chi connectivity index (χ0n) is 10.3. The fourth-order valence-electron chi connectivity index (χ4n) is 1.51. The van der Waals surface area contributed by atoms with E-state index in [1.54, 1.807) is 0 Å². The summed E-state index contributed by atoms with van der Waals surface area (Å²) < 4.78 is 4.81. The van der Waals surface area contributed by atoms with Crippen LogP contribution in [0.15, 0.2) is 0 Å². The van der Waals surface area contributed by atoms with E-state index in [1.165, 1.54) is 7.11 Å². The topological polar surface area (TPSA) is 38.3 Å². The summed E-state index contributed by atoms with van der Waals surface area (Å²) >= 11 is 0. The molecule has 1 aliphatic carbocycles. The van der Waals surface area contributed by atoms with E-state index >= 15 is 0 Å². The third kappa shape index (κ3) is 3.82. The first-order valence-electron chi connectivity index (χ1n) is 5.81. The summed E-state index contributed by atoms with van der Waals surface area (Å²) in [6, 6.07) is -0.0826. The van der Waals surface area contributed by atoms with Crippen LogP contribution in [-0.2, 0) is 9.53 Å². The van der Waals surface area contributed by atoms with Gasteiger partial charge in [0.2, 0.25) is 0 Å². The van der Waals surface area contributed by atoms with Crippen LogP contribution in [0.2, 0.25) is 0 Å². The highest BCUT2D eigenvalue weighted by atomic mass is 16.5. The molecule has 1 unspecified atom stereocenters. The maximum Gasteiger partial charge on any atom is 0.323 e. The van der Waals surface area contributed by atoms with Gasteiger partial charge in [-0.15, -0.1) is 0 Å². The Bertz CT molecular complexity index is 222. The average Bonchev–Trinajstić information content (AvgIpc) is 3.01. The van der Waals surface area contributed by atoms with Crippen LogP contribution in [0.5, 0.6) is 0 Å². The summed E-state index contributed by atoms with van der Waals surface area (Å²) in [7, 11) is 1.46. The summed E-state index contributed by atoms with van der Waals surface area (Å²) in [4.78, 5) is 11.5. The van der Waals surface area contributed by atoms with Crippen LogP contribution < -0.4 is 5.32 Å². The van der Waals surface area contributed by atoms with Crippen molar-refractivity contribution in [1.82, 2.24) is 5.32 Å². The fraction of sp³-hybridized carbons (Fsp3) is 0.917. The van der Waals surface area contributed by atoms with Crippen LogP contribution in [0.4, 0.5) is 0 Å². The van der Waals surface area contributed by atoms with E-state index in [2.05, 4.69) is 26.1 Å². The van der Waals surface area contributed by atoms with E-state index in [1.807, 2.05) is 0 Å². The van der Waals surface area contributed by atoms with Crippen molar-refractivity contribution in [3.8, 4) is 0 Å². The molecular weight excluding hydrogens is 190 g/mol. The first kappa shape index (κ1) is 12.5. The summed E-state index contributed by atoms with van der Waals surface area (Å²) in [5, 5.41) is 3.35. The maximum absolute atomic E-state index is 11.5. The number of carbonyl (C=O) groups excluding carboxylic acids is 1. The van der Waals surface area contributed by atoms with Gasteiger partial charge in [0.05, 0.1) is 7.11 Å². The van der Waals surface area contributed by atoms with Crippen molar-refractivity contribution in [2.45, 2.75) is 46.1 Å². The molecule has 0 radical (unpaired) electrons. The number of nitrogens with one attached hydrogen (secondary N) is 1. The molecule has 0 aliphatic heterocycles. The fourth-order valence-corrected chi connectivity index (χ4v) is 1.51. The Labute approximate surface area is 92.6 Å². The van der Waals surface area contributed by atoms with E-state index in [0.29, 0.717) is 5.92 Å². The lowest BCUT2D eigenvalue weighted by Gasteiger charge is -2.26. The first-order chi connectivity index (χ1) is 7.00. The molecule has 0 aromatic heterocycles. The van der Waals surface area contributed by atoms with Gasteiger partial charge >= 0.3 is 5.97 Å². The molecule has 1 atom stereocenters. The summed E-state index contributed by atoms with van der Waals surface area (Å²) in [6.07, 6.45) is 3.41. The highest BCUT2D eigenvalue weighted by Crippen LogP contribution is 2.33. The van der Waals surface area contributed by atoms with Gasteiger partial charge < -0.3 is 10.1 Å². The quantitative estimate of drug-likeness (QED) is 0.685. The molecule has 0 saturated heterocycles. The lowest BCUT2D eigenvalue weighted by Crippen LogP contribution is -2.43. The van der Waals surface area contributed by atoms with Crippen molar-refractivity contribution >= 4 is 5.97 Å². The molecule has 0 bridgehead atoms. The third-order valence-corrected chi connectivity index (χ3v) is 3.31. The highest BCUT2D eigenvalue weighted by molar-refractivity contribution is 5.76. The van der Waals surface area contributed by atoms with Crippen molar-refractivity contribution in [2.24, 2.45) is 11.3 Å². The van der Waals surface area contributed by atoms with E-state index in [0.717, 1.165) is 25.8 Å². The predicted molar refractivity (Wildman–Crippen MR) is 60.6 cm³/mol. The highest BCUT2D eigenvalue weighted by Gasteiger charge is 2.37. The molecule has 0 aromatic rings. The molecule has 1 fully saturated rings. The van der Waals surface area contributed by atoms with E-state index in [4.69, 9.17) is 4.74 Å². The molecule has 1 rings (SSSR count). The average molecular weight is 213 g/mol. The van der Waals surface area contributed by atoms with E-state index < -0.39 is 0 Å². The van der Waals surface area contributed by atoms with Gasteiger partial charge in [0, 0.05) is 6.54 Å². The molecule has 1 N–H and O–H groups in total. The number of ether oxygens (including phenoxy) is 1. The monoisotopic (exact) mass is 213 g/mol. The molecule has 1 saturated carbocycles. The summed E-state index contributed by atoms with van der Waals surface area (Å²) in [5.74, 6) is 0.398. The number of hydrogen-bond donors (Lipinski definition) is 1. The molecule has 0 spiro atoms. The van der Waals surface area contributed by atoms with Crippen LogP contribution in [0, 0.1) is 11.3 Å². The van der Waals surface area contributed by atoms with Crippen LogP contribution in [0.25, 0.3) is 0 Å². The number of carbonyl (C=O) groups is 1. The normalized spacial score (nSPS) is 18.7. The zero-order chi connectivity index (χ0) is 11.5. The van der Waals surface area contributed by atoms with Gasteiger partial charge in [-0.1, -0.05) is 20.8 Å². The standard InChI is InChI=1S/C12H23NO2/c1-5-12(2,3)8-13-10(9-6-7-9)11(14)15-4/h9-10,13H,5-8H2,1-4H3. The minimum absolute atomic E-state index is 0.0826. The van der Waals surface area contributed by atoms with Crippen LogP contribution >= 0.6 is 0 Å². The number of esters is 1. The van der Waals surface area contributed by atoms with Gasteiger partial charge in [0.1, 0.15) is 6.04 Å². The Hall–Kier alpha value is -0.570. The van der Waals surface area contributed by atoms with Crippen LogP contribution in [0.3, 0.4) is 0 Å². The minimum Gasteiger partial charge on any atom is -0.468 e. The Balaban J connectivity index is 2.41. The van der Waals surface area contributed by atoms with Crippen molar-refractivity contribution < 1.29 is 9.53 Å². The van der Waals surface area contributed by atoms with Crippen molar-refractivity contribution in [2.75, 3.05) is 13.7 Å². The smallest absolute Gasteiger partial charge is 0.323 e. The van der Waals surface area contributed by atoms with Crippen LogP contribution in [-0.4, -0.2) is 25.7 Å². The van der Waals surface area contributed by atoms with Gasteiger partial charge in [-0.05, 0) is 30.6 Å². The van der Waals surface area contributed by atoms with Gasteiger partial charge in [-0.2, -0.15) is 0 Å². The lowest BCUT2D eigenvalue weighted by molar-refractivity contribution is -0.143. The second-order valence-corrected chi connectivity index (χ2v) is 5.24. The van der Waals surface area contributed by atoms with E-state index in [9.17, 15) is 4.79 Å². The first-order valence-corrected chi connectivity index (χ1v) is 5.81. The predicted octanol–water partition coefficient (Wildman–Crippen LogP) is 1.96. The molecule has 3 nitrogen and oxygen atoms in total. The zero-order valence-corrected chi connectivity index (χ0v) is 10.3. The Kier molecular flexibility index (Phi) is 4.14. The Morgan fingerprint density at radius 1 is 1.53 bits per heavy atom. The molecule has 3 heteroatoms. The lowest BCUT2D eigenvalue weighted by atomic mass is 9.90. The summed E-state index contributed by atoms with van der Waals surface area (Å²) in [6.45, 7) is 7.47. The number of hydrogen-bond acceptors (Lipinski definition) is 3. The minimum atomic E-state index is -0.107. The Morgan fingerprint density at radius 2 is 2.13 bits per heavy atom. The largest absolute Gasteiger partial charge is 0.468 e. The van der Waals surface area contributed by atoms with Crippen molar-refractivity contribution in [3.63, 3.8) is 0 Å². The Morgan fingerprint density at radius 3 is 2.53 bits per heavy atom. The molecule has 0 aromatic carbocycles. The van der Waals surface area contributed by atoms with Gasteiger partial charge in [-0.25, -0.2) is 0 Å². The molecule has 1 aliphatic rings.